The number of quaternary nitrogens is 1. The summed E-state index contributed by atoms with van der Waals surface area (Å²) in [5.74, 6) is -1.09. The van der Waals surface area contributed by atoms with Gasteiger partial charge in [0.25, 0.3) is 0 Å². The second kappa shape index (κ2) is 4.24. The summed E-state index contributed by atoms with van der Waals surface area (Å²) in [6.45, 7) is 3.99. The summed E-state index contributed by atoms with van der Waals surface area (Å²) in [5.41, 5.74) is 6.82. The zero-order valence-electron chi connectivity index (χ0n) is 8.54. The van der Waals surface area contributed by atoms with Crippen LogP contribution >= 0.6 is 0 Å². The lowest BCUT2D eigenvalue weighted by molar-refractivity contribution is -0.437. The van der Waals surface area contributed by atoms with E-state index in [1.165, 1.54) is 0 Å². The van der Waals surface area contributed by atoms with E-state index in [1.54, 1.807) is 0 Å². The van der Waals surface area contributed by atoms with Gasteiger partial charge < -0.3 is 15.6 Å². The number of carboxylic acids is 1. The lowest BCUT2D eigenvalue weighted by Crippen LogP contribution is -2.69. The van der Waals surface area contributed by atoms with Crippen LogP contribution in [0.3, 0.4) is 0 Å². The highest BCUT2D eigenvalue weighted by Crippen LogP contribution is 2.09. The standard InChI is InChI=1S/C11H15NO2/c1-7-3-8(2)5-9(4-7)6-10(12)11(13)14/h3-5,10H,6,12H2,1-2H3,(H,13,14)/t10-/m0/s1. The molecule has 0 aliphatic heterocycles. The molecule has 0 heterocycles. The van der Waals surface area contributed by atoms with Crippen molar-refractivity contribution in [1.29, 1.82) is 0 Å². The highest BCUT2D eigenvalue weighted by atomic mass is 16.4. The summed E-state index contributed by atoms with van der Waals surface area (Å²) >= 11 is 0. The van der Waals surface area contributed by atoms with E-state index in [-0.39, 0.29) is 0 Å². The fraction of sp³-hybridized carbons (Fsp3) is 0.364. The topological polar surface area (TPSA) is 67.8 Å². The van der Waals surface area contributed by atoms with Gasteiger partial charge in [-0.1, -0.05) is 29.3 Å². The van der Waals surface area contributed by atoms with Crippen molar-refractivity contribution in [3.8, 4) is 0 Å². The largest absolute Gasteiger partial charge is 0.544 e. The zero-order valence-corrected chi connectivity index (χ0v) is 8.54. The first-order valence-corrected chi connectivity index (χ1v) is 4.60. The van der Waals surface area contributed by atoms with E-state index in [9.17, 15) is 9.90 Å². The third-order valence-corrected chi connectivity index (χ3v) is 2.10. The van der Waals surface area contributed by atoms with Gasteiger partial charge >= 0.3 is 0 Å². The minimum atomic E-state index is -1.09. The Hall–Kier alpha value is -1.35. The first kappa shape index (κ1) is 10.7. The van der Waals surface area contributed by atoms with Crippen LogP contribution in [-0.4, -0.2) is 12.0 Å². The van der Waals surface area contributed by atoms with E-state index < -0.39 is 12.0 Å². The fourth-order valence-corrected chi connectivity index (χ4v) is 1.55. The maximum Gasteiger partial charge on any atom is 0.129 e. The van der Waals surface area contributed by atoms with Crippen LogP contribution in [-0.2, 0) is 11.2 Å². The van der Waals surface area contributed by atoms with E-state index in [1.807, 2.05) is 26.0 Å². The Morgan fingerprint density at radius 1 is 1.36 bits per heavy atom. The molecule has 0 aliphatic carbocycles. The molecule has 0 saturated carbocycles. The highest BCUT2D eigenvalue weighted by Gasteiger charge is 2.08. The Morgan fingerprint density at radius 3 is 2.29 bits per heavy atom. The van der Waals surface area contributed by atoms with Gasteiger partial charge in [0, 0.05) is 6.42 Å². The molecule has 76 valence electrons. The predicted octanol–water partition coefficient (Wildman–Crippen LogP) is -0.794. The smallest absolute Gasteiger partial charge is 0.129 e. The average Bonchev–Trinajstić information content (AvgIpc) is 2.01. The van der Waals surface area contributed by atoms with E-state index in [0.717, 1.165) is 16.7 Å². The van der Waals surface area contributed by atoms with Crippen LogP contribution in [0.5, 0.6) is 0 Å². The molecule has 0 amide bonds. The van der Waals surface area contributed by atoms with Gasteiger partial charge in [-0.05, 0) is 19.4 Å². The quantitative estimate of drug-likeness (QED) is 0.683. The molecule has 1 aromatic carbocycles. The number of carboxylic acid groups (broad SMARTS) is 1. The summed E-state index contributed by atoms with van der Waals surface area (Å²) < 4.78 is 0. The van der Waals surface area contributed by atoms with Crippen molar-refractivity contribution in [2.24, 2.45) is 0 Å². The molecule has 3 nitrogen and oxygen atoms in total. The second-order valence-electron chi connectivity index (χ2n) is 3.72. The van der Waals surface area contributed by atoms with Crippen molar-refractivity contribution in [2.45, 2.75) is 26.3 Å². The van der Waals surface area contributed by atoms with Gasteiger partial charge in [-0.3, -0.25) is 0 Å². The first-order valence-electron chi connectivity index (χ1n) is 4.60. The number of carbonyl (C=O) groups excluding carboxylic acids is 1. The molecule has 0 bridgehead atoms. The maximum absolute atomic E-state index is 10.5. The number of aryl methyl sites for hydroxylation is 2. The number of rotatable bonds is 3. The molecule has 0 radical (unpaired) electrons. The highest BCUT2D eigenvalue weighted by molar-refractivity contribution is 5.69. The Balaban J connectivity index is 2.81. The van der Waals surface area contributed by atoms with Crippen molar-refractivity contribution >= 4 is 5.97 Å². The molecule has 3 N–H and O–H groups in total. The van der Waals surface area contributed by atoms with E-state index >= 15 is 0 Å². The zero-order chi connectivity index (χ0) is 10.7. The molecule has 3 heteroatoms. The predicted molar refractivity (Wildman–Crippen MR) is 51.3 cm³/mol. The summed E-state index contributed by atoms with van der Waals surface area (Å²) in [7, 11) is 0. The van der Waals surface area contributed by atoms with Crippen LogP contribution in [0.1, 0.15) is 16.7 Å². The van der Waals surface area contributed by atoms with Gasteiger partial charge in [0.2, 0.25) is 0 Å². The number of carbonyl (C=O) groups is 1. The van der Waals surface area contributed by atoms with Crippen LogP contribution in [0.25, 0.3) is 0 Å². The van der Waals surface area contributed by atoms with Crippen molar-refractivity contribution in [3.63, 3.8) is 0 Å². The van der Waals surface area contributed by atoms with Crippen LogP contribution in [0.4, 0.5) is 0 Å². The maximum atomic E-state index is 10.5. The molecule has 0 aliphatic rings. The number of aliphatic carboxylic acids is 1. The molecule has 0 unspecified atom stereocenters. The van der Waals surface area contributed by atoms with Crippen molar-refractivity contribution in [3.05, 3.63) is 34.9 Å². The number of benzene rings is 1. The van der Waals surface area contributed by atoms with Crippen molar-refractivity contribution < 1.29 is 15.6 Å². The van der Waals surface area contributed by atoms with Gasteiger partial charge in [-0.15, -0.1) is 0 Å². The number of hydrogen-bond acceptors (Lipinski definition) is 2. The van der Waals surface area contributed by atoms with E-state index in [4.69, 9.17) is 0 Å². The summed E-state index contributed by atoms with van der Waals surface area (Å²) in [6.07, 6.45) is 0.435. The lowest BCUT2D eigenvalue weighted by Gasteiger charge is -2.10. The van der Waals surface area contributed by atoms with Crippen LogP contribution in [0.15, 0.2) is 18.2 Å². The Bertz CT molecular complexity index is 327. The van der Waals surface area contributed by atoms with Gasteiger partial charge in [0.1, 0.15) is 6.04 Å². The Labute approximate surface area is 83.6 Å². The molecule has 1 aromatic rings. The molecule has 0 fully saturated rings. The fourth-order valence-electron chi connectivity index (χ4n) is 1.55. The van der Waals surface area contributed by atoms with Gasteiger partial charge in [-0.2, -0.15) is 0 Å². The van der Waals surface area contributed by atoms with E-state index in [0.29, 0.717) is 6.42 Å². The van der Waals surface area contributed by atoms with Crippen LogP contribution in [0.2, 0.25) is 0 Å². The molecule has 0 spiro atoms. The molecule has 1 rings (SSSR count). The summed E-state index contributed by atoms with van der Waals surface area (Å²) in [6, 6.07) is 5.35. The molecule has 0 aromatic heterocycles. The Morgan fingerprint density at radius 2 is 1.86 bits per heavy atom. The van der Waals surface area contributed by atoms with Gasteiger partial charge in [0.15, 0.2) is 0 Å². The molecule has 0 saturated heterocycles. The van der Waals surface area contributed by atoms with Crippen molar-refractivity contribution in [1.82, 2.24) is 0 Å². The molecular weight excluding hydrogens is 178 g/mol. The molecule has 14 heavy (non-hydrogen) atoms. The third kappa shape index (κ3) is 2.85. The van der Waals surface area contributed by atoms with Crippen LogP contribution in [0, 0.1) is 13.8 Å². The number of hydrogen-bond donors (Lipinski definition) is 1. The Kier molecular flexibility index (Phi) is 3.25. The van der Waals surface area contributed by atoms with Crippen molar-refractivity contribution in [2.75, 3.05) is 0 Å². The van der Waals surface area contributed by atoms with Crippen LogP contribution < -0.4 is 10.8 Å². The van der Waals surface area contributed by atoms with Gasteiger partial charge in [0.05, 0.1) is 5.97 Å². The van der Waals surface area contributed by atoms with Gasteiger partial charge in [-0.25, -0.2) is 0 Å². The molecule has 1 atom stereocenters. The summed E-state index contributed by atoms with van der Waals surface area (Å²) in [5, 5.41) is 10.5. The first-order chi connectivity index (χ1) is 6.49. The average molecular weight is 193 g/mol. The minimum Gasteiger partial charge on any atom is -0.544 e. The third-order valence-electron chi connectivity index (χ3n) is 2.10. The second-order valence-corrected chi connectivity index (χ2v) is 3.72. The monoisotopic (exact) mass is 193 g/mol. The normalized spacial score (nSPS) is 12.5. The summed E-state index contributed by atoms with van der Waals surface area (Å²) in [4.78, 5) is 10.5. The SMILES string of the molecule is Cc1cc(C)cc(C[C@H]([NH3+])C(=O)[O-])c1. The molecular formula is C11H15NO2. The van der Waals surface area contributed by atoms with E-state index in [2.05, 4.69) is 11.8 Å². The lowest BCUT2D eigenvalue weighted by atomic mass is 10.0. The minimum absolute atomic E-state index is 0.435.